The zero-order valence-electron chi connectivity index (χ0n) is 12.7. The van der Waals surface area contributed by atoms with Gasteiger partial charge in [-0.05, 0) is 46.5 Å². The third kappa shape index (κ3) is 2.44. The minimum absolute atomic E-state index is 0.548. The Morgan fingerprint density at radius 1 is 0.920 bits per heavy atom. The number of anilines is 3. The van der Waals surface area contributed by atoms with E-state index >= 15 is 0 Å². The molecule has 1 N–H and O–H groups in total. The lowest BCUT2D eigenvalue weighted by Gasteiger charge is -2.34. The van der Waals surface area contributed by atoms with Crippen molar-refractivity contribution >= 4 is 55.7 Å². The van der Waals surface area contributed by atoms with Gasteiger partial charge < -0.3 is 0 Å². The van der Waals surface area contributed by atoms with Crippen LogP contribution in [-0.2, 0) is 0 Å². The first kappa shape index (κ1) is 14.7. The van der Waals surface area contributed by atoms with Crippen LogP contribution in [0.4, 0.5) is 16.0 Å². The molecule has 6 nitrogen and oxygen atoms in total. The summed E-state index contributed by atoms with van der Waals surface area (Å²) in [6, 6.07) is 12.4. The predicted molar refractivity (Wildman–Crippen MR) is 104 cm³/mol. The minimum atomic E-state index is 0.548. The summed E-state index contributed by atoms with van der Waals surface area (Å²) in [5.41, 5.74) is 1.02. The highest BCUT2D eigenvalue weighted by molar-refractivity contribution is 7.15. The highest BCUT2D eigenvalue weighted by atomic mass is 32.1. The number of thiophene rings is 3. The smallest absolute Gasteiger partial charge is 0.254 e. The van der Waals surface area contributed by atoms with Crippen LogP contribution in [0.5, 0.6) is 0 Å². The SMILES string of the molecule is [c]1nc(N2C(c3cccs3)=CN(c3cccs3)N2c2cccs2)n[nH]1. The van der Waals surface area contributed by atoms with Crippen LogP contribution in [0.2, 0.25) is 0 Å². The topological polar surface area (TPSA) is 51.3 Å². The van der Waals surface area contributed by atoms with Gasteiger partial charge in [-0.1, -0.05) is 6.07 Å². The maximum Gasteiger partial charge on any atom is 0.270 e. The number of rotatable bonds is 4. The molecule has 0 aromatic carbocycles. The van der Waals surface area contributed by atoms with Crippen LogP contribution in [-0.4, -0.2) is 15.2 Å². The highest BCUT2D eigenvalue weighted by Crippen LogP contribution is 2.42. The summed E-state index contributed by atoms with van der Waals surface area (Å²) in [6.45, 7) is 0. The average molecular weight is 384 g/mol. The normalized spacial score (nSPS) is 14.4. The Balaban J connectivity index is 1.70. The van der Waals surface area contributed by atoms with Crippen LogP contribution >= 0.6 is 34.0 Å². The van der Waals surface area contributed by atoms with Crippen molar-refractivity contribution < 1.29 is 0 Å². The second-order valence-corrected chi connectivity index (χ2v) is 7.89. The van der Waals surface area contributed by atoms with Gasteiger partial charge in [0.2, 0.25) is 0 Å². The largest absolute Gasteiger partial charge is 0.270 e. The molecule has 4 aromatic rings. The number of aromatic amines is 1. The van der Waals surface area contributed by atoms with Gasteiger partial charge in [-0.15, -0.1) is 39.1 Å². The Hall–Kier alpha value is -2.62. The molecule has 0 bridgehead atoms. The average Bonchev–Trinajstić information content (AvgIpc) is 3.48. The van der Waals surface area contributed by atoms with E-state index in [1.807, 2.05) is 17.1 Å². The van der Waals surface area contributed by atoms with Crippen molar-refractivity contribution in [3.05, 3.63) is 69.9 Å². The molecule has 0 amide bonds. The Bertz CT molecular complexity index is 958. The van der Waals surface area contributed by atoms with Gasteiger partial charge in [-0.25, -0.2) is 5.01 Å². The van der Waals surface area contributed by atoms with E-state index in [4.69, 9.17) is 0 Å². The van der Waals surface area contributed by atoms with E-state index in [9.17, 15) is 0 Å². The summed E-state index contributed by atoms with van der Waals surface area (Å²) in [7, 11) is 0. The van der Waals surface area contributed by atoms with Crippen molar-refractivity contribution in [1.29, 1.82) is 0 Å². The number of nitrogens with zero attached hydrogens (tertiary/aromatic N) is 5. The van der Waals surface area contributed by atoms with Crippen LogP contribution in [0.15, 0.2) is 58.7 Å². The van der Waals surface area contributed by atoms with E-state index in [0.717, 1.165) is 20.6 Å². The number of hydrogen-bond acceptors (Lipinski definition) is 8. The number of aromatic nitrogens is 3. The molecule has 5 rings (SSSR count). The third-order valence-corrected chi connectivity index (χ3v) is 6.21. The lowest BCUT2D eigenvalue weighted by molar-refractivity contribution is 0.854. The summed E-state index contributed by atoms with van der Waals surface area (Å²) in [6.07, 6.45) is 4.82. The molecule has 0 aliphatic carbocycles. The number of hydrogen-bond donors (Lipinski definition) is 1. The first-order valence-corrected chi connectivity index (χ1v) is 10.1. The zero-order valence-corrected chi connectivity index (χ0v) is 15.2. The molecule has 1 radical (unpaired) electrons. The fraction of sp³-hybridized carbons (Fsp3) is 0. The van der Waals surface area contributed by atoms with E-state index < -0.39 is 0 Å². The zero-order chi connectivity index (χ0) is 16.6. The first-order valence-electron chi connectivity index (χ1n) is 7.42. The summed E-state index contributed by atoms with van der Waals surface area (Å²) in [4.78, 5) is 5.42. The van der Waals surface area contributed by atoms with Crippen LogP contribution in [0.3, 0.4) is 0 Å². The van der Waals surface area contributed by atoms with Crippen molar-refractivity contribution in [3.63, 3.8) is 0 Å². The molecule has 9 heteroatoms. The standard InChI is InChI=1S/C16H11N6S3/c1-4-13(23-7-1)12-10-20(14-5-2-8-24-14)22(15-6-3-9-25-15)21(12)16-17-11-18-19-16/h1-10H,(H,17,18,19). The van der Waals surface area contributed by atoms with Gasteiger partial charge in [0.1, 0.15) is 15.7 Å². The van der Waals surface area contributed by atoms with Gasteiger partial charge in [0, 0.05) is 0 Å². The van der Waals surface area contributed by atoms with Gasteiger partial charge in [-0.3, -0.25) is 5.10 Å². The Morgan fingerprint density at radius 3 is 2.32 bits per heavy atom. The van der Waals surface area contributed by atoms with Crippen molar-refractivity contribution in [1.82, 2.24) is 15.2 Å². The molecular formula is C16H11N6S3. The molecular weight excluding hydrogens is 372 g/mol. The molecule has 5 heterocycles. The molecule has 0 saturated carbocycles. The first-order chi connectivity index (χ1) is 12.4. The van der Waals surface area contributed by atoms with Crippen LogP contribution in [0, 0.1) is 6.33 Å². The lowest BCUT2D eigenvalue weighted by atomic mass is 10.3. The lowest BCUT2D eigenvalue weighted by Crippen LogP contribution is -2.45. The molecule has 0 fully saturated rings. The van der Waals surface area contributed by atoms with E-state index in [2.05, 4.69) is 78.2 Å². The number of hydrazine groups is 2. The van der Waals surface area contributed by atoms with Gasteiger partial charge in [0.25, 0.3) is 5.95 Å². The van der Waals surface area contributed by atoms with Crippen molar-refractivity contribution in [2.24, 2.45) is 0 Å². The van der Waals surface area contributed by atoms with Crippen molar-refractivity contribution in [3.8, 4) is 0 Å². The third-order valence-electron chi connectivity index (χ3n) is 3.63. The van der Waals surface area contributed by atoms with E-state index in [-0.39, 0.29) is 0 Å². The number of nitrogens with one attached hydrogen (secondary N) is 1. The monoisotopic (exact) mass is 383 g/mol. The van der Waals surface area contributed by atoms with Crippen LogP contribution in [0.1, 0.15) is 4.88 Å². The van der Waals surface area contributed by atoms with E-state index in [1.165, 1.54) is 0 Å². The molecule has 4 aromatic heterocycles. The fourth-order valence-electron chi connectivity index (χ4n) is 2.62. The minimum Gasteiger partial charge on any atom is -0.254 e. The van der Waals surface area contributed by atoms with Crippen LogP contribution in [0.25, 0.3) is 5.70 Å². The number of H-pyrrole nitrogens is 1. The quantitative estimate of drug-likeness (QED) is 0.564. The van der Waals surface area contributed by atoms with Gasteiger partial charge in [-0.2, -0.15) is 15.1 Å². The molecule has 0 saturated heterocycles. The highest BCUT2D eigenvalue weighted by Gasteiger charge is 2.37. The molecule has 1 aliphatic heterocycles. The molecule has 25 heavy (non-hydrogen) atoms. The Labute approximate surface area is 155 Å². The summed E-state index contributed by atoms with van der Waals surface area (Å²) in [5, 5.41) is 21.6. The van der Waals surface area contributed by atoms with Crippen molar-refractivity contribution in [2.45, 2.75) is 0 Å². The second kappa shape index (κ2) is 6.03. The molecule has 123 valence electrons. The van der Waals surface area contributed by atoms with E-state index in [1.54, 1.807) is 34.0 Å². The van der Waals surface area contributed by atoms with Gasteiger partial charge in [0.05, 0.1) is 11.1 Å². The van der Waals surface area contributed by atoms with Crippen LogP contribution < -0.4 is 15.1 Å². The Morgan fingerprint density at radius 2 is 1.68 bits per heavy atom. The predicted octanol–water partition coefficient (Wildman–Crippen LogP) is 4.45. The summed E-state index contributed by atoms with van der Waals surface area (Å²) in [5.74, 6) is 0.548. The maximum atomic E-state index is 4.27. The summed E-state index contributed by atoms with van der Waals surface area (Å²) >= 11 is 5.03. The molecule has 0 atom stereocenters. The van der Waals surface area contributed by atoms with Gasteiger partial charge >= 0.3 is 0 Å². The Kier molecular flexibility index (Phi) is 3.54. The molecule has 0 unspecified atom stereocenters. The molecule has 0 spiro atoms. The fourth-order valence-corrected chi connectivity index (χ4v) is 4.75. The van der Waals surface area contributed by atoms with E-state index in [0.29, 0.717) is 5.95 Å². The maximum absolute atomic E-state index is 4.27. The van der Waals surface area contributed by atoms with Crippen molar-refractivity contribution in [2.75, 3.05) is 15.1 Å². The summed E-state index contributed by atoms with van der Waals surface area (Å²) < 4.78 is 0. The molecule has 1 aliphatic rings. The van der Waals surface area contributed by atoms with Gasteiger partial charge in [0.15, 0.2) is 6.33 Å². The second-order valence-electron chi connectivity index (χ2n) is 5.09.